The van der Waals surface area contributed by atoms with Crippen molar-refractivity contribution in [2.24, 2.45) is 0 Å². The average Bonchev–Trinajstić information content (AvgIpc) is 3.08. The van der Waals surface area contributed by atoms with E-state index in [1.807, 2.05) is 6.07 Å². The van der Waals surface area contributed by atoms with E-state index in [4.69, 9.17) is 4.74 Å². The number of hydrogen-bond acceptors (Lipinski definition) is 4. The van der Waals surface area contributed by atoms with Crippen LogP contribution in [0.1, 0.15) is 43.9 Å². The minimum Gasteiger partial charge on any atom is -0.491 e. The lowest BCUT2D eigenvalue weighted by Crippen LogP contribution is -2.32. The van der Waals surface area contributed by atoms with E-state index in [2.05, 4.69) is 64.3 Å². The Kier molecular flexibility index (Phi) is 4.89. The zero-order chi connectivity index (χ0) is 17.9. The molecule has 1 saturated heterocycles. The Morgan fingerprint density at radius 2 is 1.92 bits per heavy atom. The number of nitrogens with zero attached hydrogens (tertiary/aromatic N) is 3. The molecule has 0 aliphatic carbocycles. The summed E-state index contributed by atoms with van der Waals surface area (Å²) in [5, 5.41) is 8.75. The number of hydrogen-bond donors (Lipinski definition) is 1. The first kappa shape index (κ1) is 17.0. The van der Waals surface area contributed by atoms with Crippen LogP contribution in [-0.4, -0.2) is 39.3 Å². The fourth-order valence-electron chi connectivity index (χ4n) is 3.76. The number of benzene rings is 1. The number of pyridine rings is 1. The Bertz CT molecular complexity index is 848. The van der Waals surface area contributed by atoms with Crippen LogP contribution in [0.5, 0.6) is 5.75 Å². The SMILES string of the molecule is CC(C)Oc1ccc(CN2CCC(c3[nH]nc4ncccc34)CC2)cc1. The molecule has 26 heavy (non-hydrogen) atoms. The van der Waals surface area contributed by atoms with Crippen LogP contribution in [0.3, 0.4) is 0 Å². The van der Waals surface area contributed by atoms with Crippen LogP contribution in [0.15, 0.2) is 42.6 Å². The molecule has 1 aromatic carbocycles. The first-order valence-electron chi connectivity index (χ1n) is 9.46. The van der Waals surface area contributed by atoms with Gasteiger partial charge in [0.1, 0.15) is 5.75 Å². The third-order valence-electron chi connectivity index (χ3n) is 5.06. The van der Waals surface area contributed by atoms with Crippen molar-refractivity contribution in [2.45, 2.75) is 45.3 Å². The fourth-order valence-corrected chi connectivity index (χ4v) is 3.76. The first-order valence-corrected chi connectivity index (χ1v) is 9.46. The Morgan fingerprint density at radius 1 is 1.15 bits per heavy atom. The van der Waals surface area contributed by atoms with Crippen molar-refractivity contribution in [2.75, 3.05) is 13.1 Å². The van der Waals surface area contributed by atoms with Crippen molar-refractivity contribution in [3.63, 3.8) is 0 Å². The second-order valence-corrected chi connectivity index (χ2v) is 7.37. The van der Waals surface area contributed by atoms with Gasteiger partial charge in [-0.2, -0.15) is 5.10 Å². The Hall–Kier alpha value is -2.40. The smallest absolute Gasteiger partial charge is 0.181 e. The van der Waals surface area contributed by atoms with E-state index < -0.39 is 0 Å². The molecule has 0 amide bonds. The van der Waals surface area contributed by atoms with Gasteiger partial charge in [0, 0.05) is 29.7 Å². The van der Waals surface area contributed by atoms with E-state index in [0.29, 0.717) is 5.92 Å². The summed E-state index contributed by atoms with van der Waals surface area (Å²) in [5.41, 5.74) is 3.42. The molecule has 0 spiro atoms. The maximum absolute atomic E-state index is 5.72. The number of aromatic amines is 1. The van der Waals surface area contributed by atoms with Crippen LogP contribution < -0.4 is 4.74 Å². The zero-order valence-corrected chi connectivity index (χ0v) is 15.5. The van der Waals surface area contributed by atoms with Crippen molar-refractivity contribution in [1.29, 1.82) is 0 Å². The summed E-state index contributed by atoms with van der Waals surface area (Å²) in [5.74, 6) is 1.49. The molecule has 3 heterocycles. The minimum atomic E-state index is 0.216. The molecule has 1 aliphatic heterocycles. The van der Waals surface area contributed by atoms with Gasteiger partial charge in [-0.15, -0.1) is 0 Å². The van der Waals surface area contributed by atoms with Crippen LogP contribution in [0, 0.1) is 0 Å². The molecular formula is C21H26N4O. The highest BCUT2D eigenvalue weighted by Crippen LogP contribution is 2.31. The first-order chi connectivity index (χ1) is 12.7. The number of nitrogens with one attached hydrogen (secondary N) is 1. The molecule has 1 fully saturated rings. The number of likely N-dealkylation sites (tertiary alicyclic amines) is 1. The molecule has 4 rings (SSSR count). The van der Waals surface area contributed by atoms with Gasteiger partial charge in [-0.25, -0.2) is 4.98 Å². The van der Waals surface area contributed by atoms with Crippen molar-refractivity contribution in [3.8, 4) is 5.75 Å². The van der Waals surface area contributed by atoms with Gasteiger partial charge in [0.2, 0.25) is 0 Å². The third kappa shape index (κ3) is 3.73. The van der Waals surface area contributed by atoms with Crippen molar-refractivity contribution < 1.29 is 4.74 Å². The van der Waals surface area contributed by atoms with Crippen LogP contribution in [0.25, 0.3) is 11.0 Å². The molecule has 5 nitrogen and oxygen atoms in total. The van der Waals surface area contributed by atoms with Gasteiger partial charge in [-0.05, 0) is 69.6 Å². The number of piperidine rings is 1. The summed E-state index contributed by atoms with van der Waals surface area (Å²) in [7, 11) is 0. The molecule has 136 valence electrons. The maximum atomic E-state index is 5.72. The van der Waals surface area contributed by atoms with Crippen molar-refractivity contribution in [1.82, 2.24) is 20.1 Å². The lowest BCUT2D eigenvalue weighted by atomic mass is 9.92. The molecule has 3 aromatic rings. The van der Waals surface area contributed by atoms with E-state index in [1.54, 1.807) is 6.20 Å². The lowest BCUT2D eigenvalue weighted by molar-refractivity contribution is 0.203. The second kappa shape index (κ2) is 7.46. The lowest BCUT2D eigenvalue weighted by Gasteiger charge is -2.31. The van der Waals surface area contributed by atoms with Gasteiger partial charge in [-0.3, -0.25) is 10.00 Å². The largest absolute Gasteiger partial charge is 0.491 e. The molecule has 1 N–H and O–H groups in total. The molecule has 0 bridgehead atoms. The normalized spacial score (nSPS) is 16.4. The predicted molar refractivity (Wildman–Crippen MR) is 103 cm³/mol. The summed E-state index contributed by atoms with van der Waals surface area (Å²) >= 11 is 0. The summed E-state index contributed by atoms with van der Waals surface area (Å²) in [6.07, 6.45) is 4.32. The minimum absolute atomic E-state index is 0.216. The van der Waals surface area contributed by atoms with Crippen LogP contribution in [-0.2, 0) is 6.54 Å². The summed E-state index contributed by atoms with van der Waals surface area (Å²) in [6, 6.07) is 12.6. The van der Waals surface area contributed by atoms with Crippen LogP contribution in [0.2, 0.25) is 0 Å². The van der Waals surface area contributed by atoms with Crippen molar-refractivity contribution >= 4 is 11.0 Å². The highest BCUT2D eigenvalue weighted by molar-refractivity contribution is 5.77. The number of rotatable bonds is 5. The number of H-pyrrole nitrogens is 1. The van der Waals surface area contributed by atoms with Crippen LogP contribution in [0.4, 0.5) is 0 Å². The van der Waals surface area contributed by atoms with E-state index in [9.17, 15) is 0 Å². The van der Waals surface area contributed by atoms with E-state index in [1.165, 1.54) is 16.6 Å². The van der Waals surface area contributed by atoms with E-state index in [0.717, 1.165) is 43.9 Å². The molecule has 0 radical (unpaired) electrons. The van der Waals surface area contributed by atoms with Crippen molar-refractivity contribution in [3.05, 3.63) is 53.9 Å². The topological polar surface area (TPSA) is 54.0 Å². The maximum Gasteiger partial charge on any atom is 0.181 e. The predicted octanol–water partition coefficient (Wildman–Crippen LogP) is 4.12. The molecular weight excluding hydrogens is 324 g/mol. The number of fused-ring (bicyclic) bond motifs is 1. The highest BCUT2D eigenvalue weighted by Gasteiger charge is 2.23. The van der Waals surface area contributed by atoms with E-state index >= 15 is 0 Å². The molecule has 0 saturated carbocycles. The molecule has 0 unspecified atom stereocenters. The molecule has 5 heteroatoms. The zero-order valence-electron chi connectivity index (χ0n) is 15.5. The Balaban J connectivity index is 1.35. The third-order valence-corrected chi connectivity index (χ3v) is 5.06. The van der Waals surface area contributed by atoms with Gasteiger partial charge in [0.25, 0.3) is 0 Å². The number of ether oxygens (including phenoxy) is 1. The molecule has 2 aromatic heterocycles. The Morgan fingerprint density at radius 3 is 2.65 bits per heavy atom. The average molecular weight is 350 g/mol. The van der Waals surface area contributed by atoms with Gasteiger partial charge < -0.3 is 4.74 Å². The van der Waals surface area contributed by atoms with Crippen LogP contribution >= 0.6 is 0 Å². The van der Waals surface area contributed by atoms with Gasteiger partial charge in [0.15, 0.2) is 5.65 Å². The Labute approximate surface area is 154 Å². The van der Waals surface area contributed by atoms with E-state index in [-0.39, 0.29) is 6.10 Å². The molecule has 0 atom stereocenters. The monoisotopic (exact) mass is 350 g/mol. The summed E-state index contributed by atoms with van der Waals surface area (Å²) in [6.45, 7) is 7.32. The van der Waals surface area contributed by atoms with Gasteiger partial charge in [0.05, 0.1) is 6.10 Å². The van der Waals surface area contributed by atoms with Gasteiger partial charge >= 0.3 is 0 Å². The molecule has 1 aliphatic rings. The highest BCUT2D eigenvalue weighted by atomic mass is 16.5. The standard InChI is InChI=1S/C21H26N4O/c1-15(2)26-18-7-5-16(6-8-18)14-25-12-9-17(10-13-25)20-19-4-3-11-22-21(19)24-23-20/h3-8,11,15,17H,9-10,12-14H2,1-2H3,(H,22,23,24). The summed E-state index contributed by atoms with van der Waals surface area (Å²) < 4.78 is 5.72. The second-order valence-electron chi connectivity index (χ2n) is 7.37. The number of aromatic nitrogens is 3. The van der Waals surface area contributed by atoms with Gasteiger partial charge in [-0.1, -0.05) is 12.1 Å². The fraction of sp³-hybridized carbons (Fsp3) is 0.429. The quantitative estimate of drug-likeness (QED) is 0.752. The summed E-state index contributed by atoms with van der Waals surface area (Å²) in [4.78, 5) is 6.86.